The number of halogens is 2. The number of ether oxygens (including phenoxy) is 3. The van der Waals surface area contributed by atoms with Crippen molar-refractivity contribution in [2.24, 2.45) is 0 Å². The molecule has 1 aromatic heterocycles. The SMILES string of the molecule is COCCc1cc(C#N)cnc1CN1CCC(c2cccc3c2OC(C)(c2ccc(Cl)cc2F)O3)CC1. The Balaban J connectivity index is 1.28. The third kappa shape index (κ3) is 5.28. The normalized spacial score (nSPS) is 19.6. The minimum atomic E-state index is -1.26. The molecule has 1 unspecified atom stereocenters. The topological polar surface area (TPSA) is 67.6 Å². The second kappa shape index (κ2) is 10.7. The largest absolute Gasteiger partial charge is 0.444 e. The first-order valence-corrected chi connectivity index (χ1v) is 12.8. The van der Waals surface area contributed by atoms with Crippen molar-refractivity contribution in [1.82, 2.24) is 9.88 Å². The van der Waals surface area contributed by atoms with Gasteiger partial charge in [-0.25, -0.2) is 4.39 Å². The average molecular weight is 522 g/mol. The van der Waals surface area contributed by atoms with Crippen LogP contribution in [0.3, 0.4) is 0 Å². The molecule has 1 saturated heterocycles. The van der Waals surface area contributed by atoms with E-state index in [2.05, 4.69) is 22.0 Å². The van der Waals surface area contributed by atoms with Crippen molar-refractivity contribution >= 4 is 11.6 Å². The van der Waals surface area contributed by atoms with E-state index < -0.39 is 11.6 Å². The van der Waals surface area contributed by atoms with Gasteiger partial charge in [-0.3, -0.25) is 9.88 Å². The molecule has 3 heterocycles. The van der Waals surface area contributed by atoms with Gasteiger partial charge in [-0.1, -0.05) is 23.7 Å². The molecule has 37 heavy (non-hydrogen) atoms. The molecule has 0 aliphatic carbocycles. The van der Waals surface area contributed by atoms with E-state index in [-0.39, 0.29) is 0 Å². The zero-order chi connectivity index (χ0) is 26.0. The van der Waals surface area contributed by atoms with Gasteiger partial charge in [0.05, 0.1) is 23.4 Å². The van der Waals surface area contributed by atoms with Crippen molar-refractivity contribution in [3.05, 3.63) is 87.4 Å². The van der Waals surface area contributed by atoms with Crippen molar-refractivity contribution < 1.29 is 18.6 Å². The van der Waals surface area contributed by atoms with E-state index in [0.717, 1.165) is 55.7 Å². The molecule has 1 fully saturated rings. The second-order valence-corrected chi connectivity index (χ2v) is 10.1. The van der Waals surface area contributed by atoms with E-state index in [1.165, 1.54) is 6.07 Å². The summed E-state index contributed by atoms with van der Waals surface area (Å²) in [5.74, 6) is -0.101. The molecule has 0 saturated carbocycles. The fourth-order valence-corrected chi connectivity index (χ4v) is 5.38. The molecule has 0 N–H and O–H groups in total. The van der Waals surface area contributed by atoms with Crippen LogP contribution in [0, 0.1) is 17.1 Å². The van der Waals surface area contributed by atoms with Gasteiger partial charge in [0.25, 0.3) is 5.79 Å². The summed E-state index contributed by atoms with van der Waals surface area (Å²) in [4.78, 5) is 6.98. The number of pyridine rings is 1. The van der Waals surface area contributed by atoms with Gasteiger partial charge in [0.2, 0.25) is 0 Å². The number of hydrogen-bond donors (Lipinski definition) is 0. The first kappa shape index (κ1) is 25.5. The van der Waals surface area contributed by atoms with Crippen LogP contribution < -0.4 is 9.47 Å². The minimum absolute atomic E-state index is 0.300. The molecule has 2 aliphatic rings. The van der Waals surface area contributed by atoms with E-state index in [4.69, 9.17) is 25.8 Å². The average Bonchev–Trinajstić information content (AvgIpc) is 3.25. The number of aromatic nitrogens is 1. The van der Waals surface area contributed by atoms with E-state index in [1.807, 2.05) is 18.2 Å². The fraction of sp³-hybridized carbons (Fsp3) is 0.379. The highest BCUT2D eigenvalue weighted by Crippen LogP contribution is 2.49. The van der Waals surface area contributed by atoms with Gasteiger partial charge >= 0.3 is 0 Å². The van der Waals surface area contributed by atoms with Gasteiger partial charge in [-0.05, 0) is 74.2 Å². The Labute approximate surface area is 221 Å². The molecule has 1 atom stereocenters. The Morgan fingerprint density at radius 2 is 2.03 bits per heavy atom. The minimum Gasteiger partial charge on any atom is -0.444 e. The highest BCUT2D eigenvalue weighted by atomic mass is 35.5. The summed E-state index contributed by atoms with van der Waals surface area (Å²) in [6, 6.07) is 14.5. The summed E-state index contributed by atoms with van der Waals surface area (Å²) < 4.78 is 32.4. The van der Waals surface area contributed by atoms with E-state index in [0.29, 0.717) is 40.2 Å². The third-order valence-corrected chi connectivity index (χ3v) is 7.43. The lowest BCUT2D eigenvalue weighted by molar-refractivity contribution is -0.0712. The Bertz CT molecular complexity index is 1340. The predicted octanol–water partition coefficient (Wildman–Crippen LogP) is 5.96. The van der Waals surface area contributed by atoms with E-state index in [9.17, 15) is 9.65 Å². The lowest BCUT2D eigenvalue weighted by Gasteiger charge is -2.33. The van der Waals surface area contributed by atoms with Crippen LogP contribution in [0.4, 0.5) is 4.39 Å². The van der Waals surface area contributed by atoms with Gasteiger partial charge in [0, 0.05) is 37.4 Å². The first-order valence-electron chi connectivity index (χ1n) is 12.5. The molecule has 0 bridgehead atoms. The molecule has 3 aromatic rings. The smallest absolute Gasteiger partial charge is 0.278 e. The molecule has 2 aliphatic heterocycles. The third-order valence-electron chi connectivity index (χ3n) is 7.20. The van der Waals surface area contributed by atoms with Crippen molar-refractivity contribution in [2.75, 3.05) is 26.8 Å². The molecule has 2 aromatic carbocycles. The van der Waals surface area contributed by atoms with Crippen LogP contribution in [0.15, 0.2) is 48.7 Å². The summed E-state index contributed by atoms with van der Waals surface area (Å²) in [6.07, 6.45) is 4.28. The molecular formula is C29H29ClFN3O3. The maximum absolute atomic E-state index is 14.7. The van der Waals surface area contributed by atoms with Gasteiger partial charge in [0.15, 0.2) is 11.5 Å². The van der Waals surface area contributed by atoms with Crippen LogP contribution in [-0.2, 0) is 23.5 Å². The highest BCUT2D eigenvalue weighted by Gasteiger charge is 2.42. The zero-order valence-electron chi connectivity index (χ0n) is 21.0. The fourth-order valence-electron chi connectivity index (χ4n) is 5.22. The van der Waals surface area contributed by atoms with Crippen molar-refractivity contribution in [2.45, 2.75) is 44.4 Å². The highest BCUT2D eigenvalue weighted by molar-refractivity contribution is 6.30. The lowest BCUT2D eigenvalue weighted by atomic mass is 9.88. The Morgan fingerprint density at radius 3 is 2.76 bits per heavy atom. The maximum Gasteiger partial charge on any atom is 0.278 e. The van der Waals surface area contributed by atoms with Crippen molar-refractivity contribution in [1.29, 1.82) is 5.26 Å². The summed E-state index contributed by atoms with van der Waals surface area (Å²) >= 11 is 5.94. The van der Waals surface area contributed by atoms with Gasteiger partial charge < -0.3 is 14.2 Å². The van der Waals surface area contributed by atoms with Crippen molar-refractivity contribution in [3.8, 4) is 17.6 Å². The number of nitrogens with zero attached hydrogens (tertiary/aromatic N) is 3. The second-order valence-electron chi connectivity index (χ2n) is 9.68. The molecule has 192 valence electrons. The van der Waals surface area contributed by atoms with Crippen LogP contribution in [0.25, 0.3) is 0 Å². The predicted molar refractivity (Wildman–Crippen MR) is 138 cm³/mol. The molecule has 0 spiro atoms. The quantitative estimate of drug-likeness (QED) is 0.382. The standard InChI is InChI=1S/C29H29ClFN3O3/c1-29(24-7-6-22(30)15-25(24)31)36-27-5-3-4-23(28(27)37-29)20-8-11-34(12-9-20)18-26-21(10-13-35-2)14-19(16-32)17-33-26/h3-7,14-15,17,20H,8-13,18H2,1-2H3. The van der Waals surface area contributed by atoms with Crippen LogP contribution in [-0.4, -0.2) is 36.7 Å². The maximum atomic E-state index is 14.7. The molecular weight excluding hydrogens is 493 g/mol. The summed E-state index contributed by atoms with van der Waals surface area (Å²) in [5.41, 5.74) is 4.02. The number of likely N-dealkylation sites (tertiary alicyclic amines) is 1. The van der Waals surface area contributed by atoms with Crippen LogP contribution in [0.1, 0.15) is 53.6 Å². The van der Waals surface area contributed by atoms with Crippen LogP contribution >= 0.6 is 11.6 Å². The lowest BCUT2D eigenvalue weighted by Crippen LogP contribution is -2.34. The molecule has 6 nitrogen and oxygen atoms in total. The Kier molecular flexibility index (Phi) is 7.34. The molecule has 0 radical (unpaired) electrons. The summed E-state index contributed by atoms with van der Waals surface area (Å²) in [6.45, 7) is 4.87. The van der Waals surface area contributed by atoms with E-state index in [1.54, 1.807) is 32.4 Å². The molecule has 8 heteroatoms. The number of piperidine rings is 1. The van der Waals surface area contributed by atoms with Crippen LogP contribution in [0.5, 0.6) is 11.5 Å². The number of para-hydroxylation sites is 1. The molecule has 5 rings (SSSR count). The van der Waals surface area contributed by atoms with E-state index >= 15 is 0 Å². The van der Waals surface area contributed by atoms with Gasteiger partial charge in [0.1, 0.15) is 11.9 Å². The summed E-state index contributed by atoms with van der Waals surface area (Å²) in [5, 5.41) is 9.58. The Hall–Kier alpha value is -3.18. The summed E-state index contributed by atoms with van der Waals surface area (Å²) in [7, 11) is 1.68. The number of methoxy groups -OCH3 is 1. The number of hydrogen-bond acceptors (Lipinski definition) is 6. The van der Waals surface area contributed by atoms with Crippen LogP contribution in [0.2, 0.25) is 5.02 Å². The van der Waals surface area contributed by atoms with Gasteiger partial charge in [-0.15, -0.1) is 0 Å². The number of nitriles is 1. The zero-order valence-corrected chi connectivity index (χ0v) is 21.7. The molecule has 0 amide bonds. The monoisotopic (exact) mass is 521 g/mol. The van der Waals surface area contributed by atoms with Gasteiger partial charge in [-0.2, -0.15) is 5.26 Å². The number of rotatable bonds is 7. The first-order chi connectivity index (χ1) is 17.9. The number of benzene rings is 2. The Morgan fingerprint density at radius 1 is 1.22 bits per heavy atom. The number of fused-ring (bicyclic) bond motifs is 1. The van der Waals surface area contributed by atoms with Crippen molar-refractivity contribution in [3.63, 3.8) is 0 Å².